The van der Waals surface area contributed by atoms with Crippen LogP contribution in [0.2, 0.25) is 0 Å². The maximum Gasteiger partial charge on any atom is 0.308 e. The highest BCUT2D eigenvalue weighted by molar-refractivity contribution is 7.12. The van der Waals surface area contributed by atoms with Crippen molar-refractivity contribution in [2.45, 2.75) is 13.0 Å². The Labute approximate surface area is 86.7 Å². The maximum absolute atomic E-state index is 10.4. The molecule has 0 radical (unpaired) electrons. The molecule has 4 nitrogen and oxygen atoms in total. The highest BCUT2D eigenvalue weighted by atomic mass is 32.1. The van der Waals surface area contributed by atoms with Gasteiger partial charge in [0.15, 0.2) is 0 Å². The van der Waals surface area contributed by atoms with E-state index in [1.807, 2.05) is 12.1 Å². The van der Waals surface area contributed by atoms with Crippen LogP contribution in [0.5, 0.6) is 0 Å². The van der Waals surface area contributed by atoms with Crippen LogP contribution in [0, 0.1) is 0 Å². The van der Waals surface area contributed by atoms with E-state index in [0.717, 1.165) is 22.8 Å². The molecule has 0 unspecified atom stereocenters. The molecule has 1 aromatic heterocycles. The smallest absolute Gasteiger partial charge is 0.308 e. The van der Waals surface area contributed by atoms with Crippen molar-refractivity contribution in [3.8, 4) is 0 Å². The molecule has 0 bridgehead atoms. The summed E-state index contributed by atoms with van der Waals surface area (Å²) in [5.41, 5.74) is 5.33. The zero-order valence-electron chi connectivity index (χ0n) is 7.82. The molecule has 0 spiro atoms. The quantitative estimate of drug-likeness (QED) is 0.600. The Morgan fingerprint density at radius 3 is 2.86 bits per heavy atom. The number of hydrogen-bond donors (Lipinski definition) is 3. The van der Waals surface area contributed by atoms with E-state index in [-0.39, 0.29) is 6.42 Å². The van der Waals surface area contributed by atoms with Gasteiger partial charge in [0.2, 0.25) is 0 Å². The van der Waals surface area contributed by atoms with Gasteiger partial charge in [-0.05, 0) is 12.1 Å². The van der Waals surface area contributed by atoms with Gasteiger partial charge in [0.1, 0.15) is 0 Å². The summed E-state index contributed by atoms with van der Waals surface area (Å²) in [7, 11) is 0. The summed E-state index contributed by atoms with van der Waals surface area (Å²) in [6.45, 7) is 2.17. The highest BCUT2D eigenvalue weighted by Gasteiger charge is 2.03. The van der Waals surface area contributed by atoms with E-state index in [0.29, 0.717) is 6.54 Å². The first-order valence-corrected chi connectivity index (χ1v) is 5.24. The average Bonchev–Trinajstić information content (AvgIpc) is 2.52. The molecule has 14 heavy (non-hydrogen) atoms. The molecule has 1 heterocycles. The van der Waals surface area contributed by atoms with Crippen molar-refractivity contribution >= 4 is 17.3 Å². The Balaban J connectivity index is 2.38. The Morgan fingerprint density at radius 1 is 1.50 bits per heavy atom. The van der Waals surface area contributed by atoms with Crippen molar-refractivity contribution in [2.75, 3.05) is 13.1 Å². The predicted octanol–water partition coefficient (Wildman–Crippen LogP) is 0.423. The SMILES string of the molecule is NCCNCc1ccc(CC(=O)O)s1. The number of aliphatic carboxylic acids is 1. The molecule has 0 saturated carbocycles. The molecule has 0 aromatic carbocycles. The zero-order chi connectivity index (χ0) is 10.4. The molecule has 0 aliphatic heterocycles. The Bertz CT molecular complexity index is 299. The summed E-state index contributed by atoms with van der Waals surface area (Å²) >= 11 is 1.53. The van der Waals surface area contributed by atoms with E-state index in [9.17, 15) is 4.79 Å². The number of carbonyl (C=O) groups is 1. The lowest BCUT2D eigenvalue weighted by Gasteiger charge is -1.98. The minimum Gasteiger partial charge on any atom is -0.481 e. The third-order valence-electron chi connectivity index (χ3n) is 1.66. The molecular weight excluding hydrogens is 200 g/mol. The zero-order valence-corrected chi connectivity index (χ0v) is 8.64. The third-order valence-corrected chi connectivity index (χ3v) is 2.75. The van der Waals surface area contributed by atoms with E-state index >= 15 is 0 Å². The lowest BCUT2D eigenvalue weighted by Crippen LogP contribution is -2.21. The second-order valence-corrected chi connectivity index (χ2v) is 4.16. The number of thiophene rings is 1. The summed E-state index contributed by atoms with van der Waals surface area (Å²) in [6, 6.07) is 3.81. The van der Waals surface area contributed by atoms with Gasteiger partial charge in [-0.1, -0.05) is 0 Å². The molecule has 0 aliphatic rings. The van der Waals surface area contributed by atoms with Gasteiger partial charge in [-0.25, -0.2) is 0 Å². The second-order valence-electron chi connectivity index (χ2n) is 2.90. The summed E-state index contributed by atoms with van der Waals surface area (Å²) in [6.07, 6.45) is 0.113. The fraction of sp³-hybridized carbons (Fsp3) is 0.444. The van der Waals surface area contributed by atoms with Crippen LogP contribution >= 0.6 is 11.3 Å². The number of hydrogen-bond acceptors (Lipinski definition) is 4. The van der Waals surface area contributed by atoms with Crippen molar-refractivity contribution in [3.63, 3.8) is 0 Å². The molecule has 0 amide bonds. The van der Waals surface area contributed by atoms with Crippen molar-refractivity contribution < 1.29 is 9.90 Å². The lowest BCUT2D eigenvalue weighted by atomic mass is 10.3. The second kappa shape index (κ2) is 5.74. The molecule has 4 N–H and O–H groups in total. The average molecular weight is 214 g/mol. The molecule has 0 saturated heterocycles. The number of nitrogens with two attached hydrogens (primary N) is 1. The van der Waals surface area contributed by atoms with Crippen molar-refractivity contribution in [1.29, 1.82) is 0 Å². The molecule has 5 heteroatoms. The van der Waals surface area contributed by atoms with Crippen LogP contribution in [-0.2, 0) is 17.8 Å². The van der Waals surface area contributed by atoms with Gasteiger partial charge in [-0.15, -0.1) is 11.3 Å². The van der Waals surface area contributed by atoms with Gasteiger partial charge in [0.25, 0.3) is 0 Å². The molecule has 0 aliphatic carbocycles. The van der Waals surface area contributed by atoms with Gasteiger partial charge in [0, 0.05) is 29.4 Å². The standard InChI is InChI=1S/C9H14N2O2S/c10-3-4-11-6-8-2-1-7(14-8)5-9(12)13/h1-2,11H,3-6,10H2,(H,12,13). The number of carboxylic acids is 1. The lowest BCUT2D eigenvalue weighted by molar-refractivity contribution is -0.136. The highest BCUT2D eigenvalue weighted by Crippen LogP contribution is 2.16. The van der Waals surface area contributed by atoms with Gasteiger partial charge >= 0.3 is 5.97 Å². The van der Waals surface area contributed by atoms with Crippen LogP contribution in [0.25, 0.3) is 0 Å². The normalized spacial score (nSPS) is 10.4. The van der Waals surface area contributed by atoms with Gasteiger partial charge in [-0.3, -0.25) is 4.79 Å². The maximum atomic E-state index is 10.4. The van der Waals surface area contributed by atoms with Crippen molar-refractivity contribution in [2.24, 2.45) is 5.73 Å². The molecule has 78 valence electrons. The summed E-state index contributed by atoms with van der Waals surface area (Å²) in [5.74, 6) is -0.784. The topological polar surface area (TPSA) is 75.3 Å². The Hall–Kier alpha value is -0.910. The summed E-state index contributed by atoms with van der Waals surface area (Å²) < 4.78 is 0. The van der Waals surface area contributed by atoms with E-state index in [1.165, 1.54) is 11.3 Å². The van der Waals surface area contributed by atoms with E-state index < -0.39 is 5.97 Å². The fourth-order valence-corrected chi connectivity index (χ4v) is 2.05. The van der Waals surface area contributed by atoms with Gasteiger partial charge in [0.05, 0.1) is 6.42 Å². The van der Waals surface area contributed by atoms with Crippen LogP contribution in [-0.4, -0.2) is 24.2 Å². The van der Waals surface area contributed by atoms with E-state index in [1.54, 1.807) is 0 Å². The first-order valence-electron chi connectivity index (χ1n) is 4.42. The first kappa shape index (κ1) is 11.2. The van der Waals surface area contributed by atoms with E-state index in [4.69, 9.17) is 10.8 Å². The number of nitrogens with one attached hydrogen (secondary N) is 1. The van der Waals surface area contributed by atoms with Crippen molar-refractivity contribution in [1.82, 2.24) is 5.32 Å². The van der Waals surface area contributed by atoms with Gasteiger partial charge < -0.3 is 16.2 Å². The fourth-order valence-electron chi connectivity index (χ4n) is 1.08. The molecule has 0 atom stereocenters. The largest absolute Gasteiger partial charge is 0.481 e. The van der Waals surface area contributed by atoms with Crippen LogP contribution in [0.15, 0.2) is 12.1 Å². The molecular formula is C9H14N2O2S. The van der Waals surface area contributed by atoms with Crippen LogP contribution in [0.1, 0.15) is 9.75 Å². The minimum absolute atomic E-state index is 0.113. The predicted molar refractivity (Wildman–Crippen MR) is 56.4 cm³/mol. The molecule has 1 rings (SSSR count). The summed E-state index contributed by atoms with van der Waals surface area (Å²) in [4.78, 5) is 12.5. The van der Waals surface area contributed by atoms with Crippen molar-refractivity contribution in [3.05, 3.63) is 21.9 Å². The summed E-state index contributed by atoms with van der Waals surface area (Å²) in [5, 5.41) is 11.7. The van der Waals surface area contributed by atoms with Crippen LogP contribution < -0.4 is 11.1 Å². The molecule has 0 fully saturated rings. The Morgan fingerprint density at radius 2 is 2.21 bits per heavy atom. The van der Waals surface area contributed by atoms with E-state index in [2.05, 4.69) is 5.32 Å². The minimum atomic E-state index is -0.784. The van der Waals surface area contributed by atoms with Crippen LogP contribution in [0.4, 0.5) is 0 Å². The first-order chi connectivity index (χ1) is 6.72. The number of carboxylic acid groups (broad SMARTS) is 1. The number of rotatable bonds is 6. The molecule has 1 aromatic rings. The third kappa shape index (κ3) is 3.87. The van der Waals surface area contributed by atoms with Gasteiger partial charge in [-0.2, -0.15) is 0 Å². The Kier molecular flexibility index (Phi) is 4.58. The van der Waals surface area contributed by atoms with Crippen LogP contribution in [0.3, 0.4) is 0 Å². The monoisotopic (exact) mass is 214 g/mol.